The number of nitrogens with zero attached hydrogens (tertiary/aromatic N) is 1. The number of rotatable bonds is 5. The lowest BCUT2D eigenvalue weighted by atomic mass is 10.1. The van der Waals surface area contributed by atoms with Crippen LogP contribution in [0.15, 0.2) is 71.9 Å². The molecule has 2 N–H and O–H groups in total. The van der Waals surface area contributed by atoms with E-state index in [1.807, 2.05) is 30.3 Å². The number of anilines is 1. The van der Waals surface area contributed by atoms with E-state index in [0.29, 0.717) is 16.3 Å². The molecule has 0 fully saturated rings. The van der Waals surface area contributed by atoms with Crippen LogP contribution in [0.3, 0.4) is 0 Å². The Kier molecular flexibility index (Phi) is 5.37. The fraction of sp³-hybridized carbons (Fsp3) is 0.0909. The number of nitrogens with one attached hydrogen (secondary N) is 2. The summed E-state index contributed by atoms with van der Waals surface area (Å²) in [4.78, 5) is 20.3. The van der Waals surface area contributed by atoms with E-state index in [9.17, 15) is 4.79 Å². The molecule has 4 rings (SSSR count). The largest absolute Gasteiger partial charge is 0.333 e. The van der Waals surface area contributed by atoms with Crippen LogP contribution in [0, 0.1) is 6.92 Å². The zero-order chi connectivity index (χ0) is 19.5. The van der Waals surface area contributed by atoms with E-state index in [0.717, 1.165) is 27.5 Å². The van der Waals surface area contributed by atoms with Crippen molar-refractivity contribution < 1.29 is 4.79 Å². The summed E-state index contributed by atoms with van der Waals surface area (Å²) in [6.07, 6.45) is 0. The van der Waals surface area contributed by atoms with Crippen molar-refractivity contribution in [1.29, 1.82) is 0 Å². The molecule has 0 spiro atoms. The Morgan fingerprint density at radius 2 is 1.82 bits per heavy atom. The van der Waals surface area contributed by atoms with E-state index < -0.39 is 0 Å². The monoisotopic (exact) mass is 407 g/mol. The van der Waals surface area contributed by atoms with Crippen molar-refractivity contribution in [2.45, 2.75) is 17.8 Å². The lowest BCUT2D eigenvalue weighted by Gasteiger charge is -2.06. The number of aromatic nitrogens is 2. The molecule has 3 aromatic carbocycles. The van der Waals surface area contributed by atoms with Gasteiger partial charge in [-0.2, -0.15) is 0 Å². The second-order valence-electron chi connectivity index (χ2n) is 6.51. The van der Waals surface area contributed by atoms with Gasteiger partial charge in [-0.3, -0.25) is 4.79 Å². The fourth-order valence-corrected chi connectivity index (χ4v) is 3.78. The lowest BCUT2D eigenvalue weighted by Crippen LogP contribution is -2.11. The molecule has 0 atom stereocenters. The maximum atomic E-state index is 12.4. The molecule has 0 aliphatic heterocycles. The summed E-state index contributed by atoms with van der Waals surface area (Å²) in [5.41, 5.74) is 5.70. The summed E-state index contributed by atoms with van der Waals surface area (Å²) in [7, 11) is 0. The number of halogens is 1. The van der Waals surface area contributed by atoms with Crippen molar-refractivity contribution in [3.8, 4) is 0 Å². The van der Waals surface area contributed by atoms with E-state index in [1.54, 1.807) is 36.0 Å². The smallest absolute Gasteiger partial charge is 0.255 e. The number of carbonyl (C=O) groups excluding carboxylic acids is 1. The van der Waals surface area contributed by atoms with Crippen molar-refractivity contribution in [1.82, 2.24) is 9.97 Å². The van der Waals surface area contributed by atoms with Crippen LogP contribution < -0.4 is 5.32 Å². The molecule has 6 heteroatoms. The lowest BCUT2D eigenvalue weighted by molar-refractivity contribution is 0.102. The zero-order valence-corrected chi connectivity index (χ0v) is 16.8. The number of thioether (sulfide) groups is 1. The molecule has 0 saturated heterocycles. The van der Waals surface area contributed by atoms with Gasteiger partial charge in [-0.05, 0) is 66.6 Å². The molecule has 4 aromatic rings. The Balaban J connectivity index is 1.38. The molecular weight excluding hydrogens is 390 g/mol. The van der Waals surface area contributed by atoms with Crippen molar-refractivity contribution in [3.05, 3.63) is 88.4 Å². The van der Waals surface area contributed by atoms with Crippen LogP contribution >= 0.6 is 23.4 Å². The zero-order valence-electron chi connectivity index (χ0n) is 15.2. The number of fused-ring (bicyclic) bond motifs is 1. The number of hydrogen-bond acceptors (Lipinski definition) is 3. The molecule has 4 nitrogen and oxygen atoms in total. The van der Waals surface area contributed by atoms with E-state index in [-0.39, 0.29) is 5.91 Å². The average Bonchev–Trinajstić information content (AvgIpc) is 3.10. The molecular formula is C22H18ClN3OS. The molecule has 28 heavy (non-hydrogen) atoms. The normalized spacial score (nSPS) is 10.9. The van der Waals surface area contributed by atoms with Gasteiger partial charge in [0.15, 0.2) is 5.16 Å². The summed E-state index contributed by atoms with van der Waals surface area (Å²) in [5.74, 6) is 0.631. The summed E-state index contributed by atoms with van der Waals surface area (Å²) in [5, 5.41) is 4.40. The van der Waals surface area contributed by atoms with Gasteiger partial charge in [-0.1, -0.05) is 41.6 Å². The van der Waals surface area contributed by atoms with Gasteiger partial charge < -0.3 is 10.3 Å². The van der Waals surface area contributed by atoms with E-state index >= 15 is 0 Å². The SMILES string of the molecule is Cc1ccc2nc(SCc3ccc(C(=O)Nc4ccc(Cl)cc4)cc3)[nH]c2c1. The van der Waals surface area contributed by atoms with Crippen LogP contribution in [-0.4, -0.2) is 15.9 Å². The second kappa shape index (κ2) is 8.09. The van der Waals surface area contributed by atoms with E-state index in [4.69, 9.17) is 11.6 Å². The summed E-state index contributed by atoms with van der Waals surface area (Å²) in [6.45, 7) is 2.07. The Morgan fingerprint density at radius 1 is 1.07 bits per heavy atom. The molecule has 1 aromatic heterocycles. The quantitative estimate of drug-likeness (QED) is 0.395. The van der Waals surface area contributed by atoms with Crippen molar-refractivity contribution in [2.75, 3.05) is 5.32 Å². The van der Waals surface area contributed by atoms with Gasteiger partial charge in [0.1, 0.15) is 0 Å². The molecule has 0 bridgehead atoms. The molecule has 0 unspecified atom stereocenters. The summed E-state index contributed by atoms with van der Waals surface area (Å²) in [6, 6.07) is 20.8. The minimum atomic E-state index is -0.144. The molecule has 0 saturated carbocycles. The van der Waals surface area contributed by atoms with Gasteiger partial charge >= 0.3 is 0 Å². The number of H-pyrrole nitrogens is 1. The molecule has 0 aliphatic rings. The first-order chi connectivity index (χ1) is 13.6. The second-order valence-corrected chi connectivity index (χ2v) is 7.91. The number of aryl methyl sites for hydroxylation is 1. The highest BCUT2D eigenvalue weighted by molar-refractivity contribution is 7.98. The van der Waals surface area contributed by atoms with Crippen LogP contribution in [0.2, 0.25) is 5.02 Å². The molecule has 0 radical (unpaired) electrons. The molecule has 0 aliphatic carbocycles. The highest BCUT2D eigenvalue weighted by atomic mass is 35.5. The predicted octanol–water partition coefficient (Wildman–Crippen LogP) is 6.07. The number of imidazole rings is 1. The molecule has 1 amide bonds. The number of aromatic amines is 1. The van der Waals surface area contributed by atoms with Gasteiger partial charge in [0.2, 0.25) is 0 Å². The maximum Gasteiger partial charge on any atom is 0.255 e. The molecule has 1 heterocycles. The average molecular weight is 408 g/mol. The third kappa shape index (κ3) is 4.38. The van der Waals surface area contributed by atoms with Gasteiger partial charge in [-0.25, -0.2) is 4.98 Å². The Bertz CT molecular complexity index is 1120. The van der Waals surface area contributed by atoms with Crippen LogP contribution in [0.1, 0.15) is 21.5 Å². The van der Waals surface area contributed by atoms with Gasteiger partial charge in [0.05, 0.1) is 11.0 Å². The van der Waals surface area contributed by atoms with Crippen molar-refractivity contribution in [2.24, 2.45) is 0 Å². The minimum Gasteiger partial charge on any atom is -0.333 e. The Hall–Kier alpha value is -2.76. The van der Waals surface area contributed by atoms with Crippen LogP contribution in [0.25, 0.3) is 11.0 Å². The minimum absolute atomic E-state index is 0.144. The highest BCUT2D eigenvalue weighted by Gasteiger charge is 2.08. The van der Waals surface area contributed by atoms with E-state index in [2.05, 4.69) is 34.3 Å². The first-order valence-corrected chi connectivity index (χ1v) is 10.2. The molecule has 140 valence electrons. The third-order valence-electron chi connectivity index (χ3n) is 4.31. The van der Waals surface area contributed by atoms with Gasteiger partial charge in [-0.15, -0.1) is 0 Å². The predicted molar refractivity (Wildman–Crippen MR) is 116 cm³/mol. The number of carbonyl (C=O) groups is 1. The van der Waals surface area contributed by atoms with Gasteiger partial charge in [0.25, 0.3) is 5.91 Å². The van der Waals surface area contributed by atoms with Crippen molar-refractivity contribution in [3.63, 3.8) is 0 Å². The van der Waals surface area contributed by atoms with Crippen LogP contribution in [0.5, 0.6) is 0 Å². The number of amides is 1. The highest BCUT2D eigenvalue weighted by Crippen LogP contribution is 2.24. The van der Waals surface area contributed by atoms with Crippen molar-refractivity contribution >= 4 is 46.0 Å². The topological polar surface area (TPSA) is 57.8 Å². The number of benzene rings is 3. The fourth-order valence-electron chi connectivity index (χ4n) is 2.81. The van der Waals surface area contributed by atoms with Gasteiger partial charge in [0, 0.05) is 22.0 Å². The standard InChI is InChI=1S/C22H18ClN3OS/c1-14-2-11-19-20(12-14)26-22(25-19)28-13-15-3-5-16(6-4-15)21(27)24-18-9-7-17(23)8-10-18/h2-12H,13H2,1H3,(H,24,27)(H,25,26). The first-order valence-electron chi connectivity index (χ1n) is 8.82. The van der Waals surface area contributed by atoms with Crippen LogP contribution in [0.4, 0.5) is 5.69 Å². The Labute approximate surface area is 172 Å². The third-order valence-corrected chi connectivity index (χ3v) is 5.51. The van der Waals surface area contributed by atoms with Crippen LogP contribution in [-0.2, 0) is 5.75 Å². The Morgan fingerprint density at radius 3 is 2.57 bits per heavy atom. The summed E-state index contributed by atoms with van der Waals surface area (Å²) >= 11 is 7.51. The summed E-state index contributed by atoms with van der Waals surface area (Å²) < 4.78 is 0. The first kappa shape index (κ1) is 18.6. The number of hydrogen-bond donors (Lipinski definition) is 2. The van der Waals surface area contributed by atoms with E-state index in [1.165, 1.54) is 5.56 Å². The maximum absolute atomic E-state index is 12.4.